The predicted octanol–water partition coefficient (Wildman–Crippen LogP) is 6.73. The molecule has 176 valence electrons. The van der Waals surface area contributed by atoms with E-state index in [2.05, 4.69) is 34.1 Å². The van der Waals surface area contributed by atoms with E-state index in [0.29, 0.717) is 11.4 Å². The number of imidazole rings is 1. The van der Waals surface area contributed by atoms with Gasteiger partial charge in [-0.2, -0.15) is 0 Å². The number of aryl methyl sites for hydroxylation is 2. The molecule has 1 saturated carbocycles. The molecule has 1 N–H and O–H groups in total. The van der Waals surface area contributed by atoms with Gasteiger partial charge < -0.3 is 9.88 Å². The first-order chi connectivity index (χ1) is 16.2. The van der Waals surface area contributed by atoms with Crippen LogP contribution >= 0.6 is 11.6 Å². The Morgan fingerprint density at radius 3 is 2.61 bits per heavy atom. The quantitative estimate of drug-likeness (QED) is 0.319. The highest BCUT2D eigenvalue weighted by molar-refractivity contribution is 6.30. The van der Waals surface area contributed by atoms with E-state index in [1.165, 1.54) is 49.9 Å². The lowest BCUT2D eigenvalue weighted by molar-refractivity contribution is -0.120. The zero-order valence-electron chi connectivity index (χ0n) is 19.6. The molecule has 0 spiro atoms. The summed E-state index contributed by atoms with van der Waals surface area (Å²) < 4.78 is 2.47. The van der Waals surface area contributed by atoms with E-state index in [1.807, 2.05) is 24.3 Å². The summed E-state index contributed by atoms with van der Waals surface area (Å²) in [6.07, 6.45) is 12.9. The van der Waals surface area contributed by atoms with E-state index in [1.54, 1.807) is 0 Å². The topological polar surface area (TPSA) is 46.9 Å². The summed E-state index contributed by atoms with van der Waals surface area (Å²) in [6.45, 7) is 1.81. The molecule has 2 aromatic carbocycles. The van der Waals surface area contributed by atoms with Crippen LogP contribution in [-0.4, -0.2) is 22.0 Å². The summed E-state index contributed by atoms with van der Waals surface area (Å²) in [5.74, 6) is 2.17. The van der Waals surface area contributed by atoms with E-state index in [-0.39, 0.29) is 5.91 Å². The van der Waals surface area contributed by atoms with Gasteiger partial charge in [-0.25, -0.2) is 4.98 Å². The Morgan fingerprint density at radius 1 is 1.00 bits per heavy atom. The number of benzene rings is 2. The van der Waals surface area contributed by atoms with Gasteiger partial charge in [0.15, 0.2) is 0 Å². The molecule has 0 bridgehead atoms. The smallest absolute Gasteiger partial charge is 0.224 e. The molecule has 1 fully saturated rings. The molecule has 33 heavy (non-hydrogen) atoms. The molecule has 1 amide bonds. The van der Waals surface area contributed by atoms with Crippen LogP contribution in [0.25, 0.3) is 11.0 Å². The van der Waals surface area contributed by atoms with Crippen LogP contribution < -0.4 is 5.32 Å². The first-order valence-corrected chi connectivity index (χ1v) is 13.0. The van der Waals surface area contributed by atoms with Crippen LogP contribution in [0.3, 0.4) is 0 Å². The number of fused-ring (bicyclic) bond motifs is 1. The number of unbranched alkanes of at least 4 members (excludes halogenated alkanes) is 2. The molecule has 0 radical (unpaired) electrons. The van der Waals surface area contributed by atoms with Crippen molar-refractivity contribution in [3.63, 3.8) is 0 Å². The maximum Gasteiger partial charge on any atom is 0.224 e. The van der Waals surface area contributed by atoms with Crippen LogP contribution in [0.4, 0.5) is 0 Å². The lowest BCUT2D eigenvalue weighted by Gasteiger charge is -2.22. The molecule has 1 aromatic heterocycles. The molecule has 0 aliphatic heterocycles. The summed E-state index contributed by atoms with van der Waals surface area (Å²) in [4.78, 5) is 17.1. The lowest BCUT2D eigenvalue weighted by atomic mass is 9.87. The van der Waals surface area contributed by atoms with Crippen molar-refractivity contribution in [2.75, 3.05) is 6.54 Å². The van der Waals surface area contributed by atoms with Crippen LogP contribution in [0.5, 0.6) is 0 Å². The van der Waals surface area contributed by atoms with Gasteiger partial charge in [-0.15, -0.1) is 0 Å². The standard InChI is InChI=1S/C28H36ClN3O/c29-24-16-14-23(15-17-24)21-28(33)30-19-8-2-5-13-27-31-25-11-6-7-12-26(25)32(27)20-18-22-9-3-1-4-10-22/h6-7,11-12,14-17,22H,1-5,8-10,13,18-21H2,(H,30,33). The average Bonchev–Trinajstić information content (AvgIpc) is 3.19. The Bertz CT molecular complexity index is 1020. The fourth-order valence-corrected chi connectivity index (χ4v) is 5.14. The minimum Gasteiger partial charge on any atom is -0.356 e. The number of halogens is 1. The monoisotopic (exact) mass is 465 g/mol. The van der Waals surface area contributed by atoms with E-state index in [4.69, 9.17) is 16.6 Å². The van der Waals surface area contributed by atoms with Gasteiger partial charge in [0, 0.05) is 24.5 Å². The van der Waals surface area contributed by atoms with E-state index < -0.39 is 0 Å². The second-order valence-corrected chi connectivity index (χ2v) is 9.86. The van der Waals surface area contributed by atoms with Crippen molar-refractivity contribution in [2.24, 2.45) is 5.92 Å². The number of hydrogen-bond donors (Lipinski definition) is 1. The molecule has 0 unspecified atom stereocenters. The van der Waals surface area contributed by atoms with Crippen LogP contribution in [0.2, 0.25) is 5.02 Å². The summed E-state index contributed by atoms with van der Waals surface area (Å²) in [5.41, 5.74) is 3.38. The molecule has 4 rings (SSSR count). The highest BCUT2D eigenvalue weighted by Crippen LogP contribution is 2.28. The van der Waals surface area contributed by atoms with Gasteiger partial charge >= 0.3 is 0 Å². The first-order valence-electron chi connectivity index (χ1n) is 12.6. The molecule has 4 nitrogen and oxygen atoms in total. The summed E-state index contributed by atoms with van der Waals surface area (Å²) in [5, 5.41) is 3.74. The summed E-state index contributed by atoms with van der Waals surface area (Å²) in [7, 11) is 0. The largest absolute Gasteiger partial charge is 0.356 e. The minimum absolute atomic E-state index is 0.0711. The Kier molecular flexibility index (Phi) is 8.82. The molecule has 1 aliphatic carbocycles. The van der Waals surface area contributed by atoms with Crippen LogP contribution in [0.15, 0.2) is 48.5 Å². The highest BCUT2D eigenvalue weighted by atomic mass is 35.5. The minimum atomic E-state index is 0.0711. The third kappa shape index (κ3) is 7.07. The Balaban J connectivity index is 1.21. The molecule has 0 atom stereocenters. The normalized spacial score (nSPS) is 14.6. The number of carbonyl (C=O) groups excluding carboxylic acids is 1. The zero-order chi connectivity index (χ0) is 22.9. The van der Waals surface area contributed by atoms with Crippen LogP contribution in [0, 0.1) is 5.92 Å². The van der Waals surface area contributed by atoms with Crippen molar-refractivity contribution in [3.05, 3.63) is 64.9 Å². The van der Waals surface area contributed by atoms with Gasteiger partial charge in [0.25, 0.3) is 0 Å². The van der Waals surface area contributed by atoms with Crippen molar-refractivity contribution in [2.45, 2.75) is 77.2 Å². The molecule has 1 heterocycles. The lowest BCUT2D eigenvalue weighted by Crippen LogP contribution is -2.26. The summed E-state index contributed by atoms with van der Waals surface area (Å²) >= 11 is 5.90. The maximum absolute atomic E-state index is 12.1. The van der Waals surface area contributed by atoms with Crippen molar-refractivity contribution < 1.29 is 4.79 Å². The molecular formula is C28H36ClN3O. The van der Waals surface area contributed by atoms with Crippen molar-refractivity contribution in [1.82, 2.24) is 14.9 Å². The van der Waals surface area contributed by atoms with Gasteiger partial charge in [0.2, 0.25) is 5.91 Å². The van der Waals surface area contributed by atoms with Gasteiger partial charge in [-0.1, -0.05) is 74.4 Å². The number of para-hydroxylation sites is 2. The van der Waals surface area contributed by atoms with Gasteiger partial charge in [0.1, 0.15) is 5.82 Å². The molecule has 0 saturated heterocycles. The van der Waals surface area contributed by atoms with Crippen molar-refractivity contribution in [1.29, 1.82) is 0 Å². The number of nitrogens with one attached hydrogen (secondary N) is 1. The van der Waals surface area contributed by atoms with E-state index in [9.17, 15) is 4.79 Å². The number of rotatable bonds is 11. The SMILES string of the molecule is O=C(Cc1ccc(Cl)cc1)NCCCCCc1nc2ccccc2n1CCC1CCCCC1. The van der Waals surface area contributed by atoms with E-state index in [0.717, 1.165) is 55.8 Å². The predicted molar refractivity (Wildman–Crippen MR) is 137 cm³/mol. The van der Waals surface area contributed by atoms with E-state index >= 15 is 0 Å². The van der Waals surface area contributed by atoms with Gasteiger partial charge in [-0.05, 0) is 55.0 Å². The highest BCUT2D eigenvalue weighted by Gasteiger charge is 2.16. The maximum atomic E-state index is 12.1. The molecule has 5 heteroatoms. The first kappa shape index (κ1) is 23.8. The Morgan fingerprint density at radius 2 is 1.79 bits per heavy atom. The van der Waals surface area contributed by atoms with Crippen molar-refractivity contribution in [3.8, 4) is 0 Å². The molecular weight excluding hydrogens is 430 g/mol. The summed E-state index contributed by atoms with van der Waals surface area (Å²) in [6, 6.07) is 16.0. The van der Waals surface area contributed by atoms with Gasteiger partial charge in [-0.3, -0.25) is 4.79 Å². The number of hydrogen-bond acceptors (Lipinski definition) is 2. The van der Waals surface area contributed by atoms with Crippen molar-refractivity contribution >= 4 is 28.5 Å². The fraction of sp³-hybridized carbons (Fsp3) is 0.500. The zero-order valence-corrected chi connectivity index (χ0v) is 20.3. The third-order valence-corrected chi connectivity index (χ3v) is 7.15. The average molecular weight is 466 g/mol. The Hall–Kier alpha value is -2.33. The molecule has 3 aromatic rings. The third-order valence-electron chi connectivity index (χ3n) is 6.90. The second kappa shape index (κ2) is 12.2. The number of nitrogens with zero attached hydrogens (tertiary/aromatic N) is 2. The number of carbonyl (C=O) groups is 1. The Labute approximate surface area is 202 Å². The second-order valence-electron chi connectivity index (χ2n) is 9.42. The van der Waals surface area contributed by atoms with Crippen LogP contribution in [0.1, 0.15) is 69.2 Å². The number of aromatic nitrogens is 2. The van der Waals surface area contributed by atoms with Crippen LogP contribution in [-0.2, 0) is 24.2 Å². The van der Waals surface area contributed by atoms with Gasteiger partial charge in [0.05, 0.1) is 17.5 Å². The fourth-order valence-electron chi connectivity index (χ4n) is 5.02. The number of amides is 1. The molecule has 1 aliphatic rings.